The molecular weight excluding hydrogens is 538 g/mol. The third-order valence-electron chi connectivity index (χ3n) is 7.10. The molecule has 208 valence electrons. The molecule has 40 heavy (non-hydrogen) atoms. The van der Waals surface area contributed by atoms with E-state index >= 15 is 0 Å². The molecule has 0 aliphatic rings. The predicted molar refractivity (Wildman–Crippen MR) is 169 cm³/mol. The van der Waals surface area contributed by atoms with Crippen LogP contribution in [0.2, 0.25) is 5.02 Å². The summed E-state index contributed by atoms with van der Waals surface area (Å²) in [4.78, 5) is 16.4. The van der Waals surface area contributed by atoms with Crippen molar-refractivity contribution in [3.63, 3.8) is 0 Å². The summed E-state index contributed by atoms with van der Waals surface area (Å²) in [5, 5.41) is 22.1. The normalized spacial score (nSPS) is 13.5. The molecule has 0 amide bonds. The van der Waals surface area contributed by atoms with Crippen molar-refractivity contribution in [3.8, 4) is 0 Å². The standard InChI is InChI=1S/C34H36ClNO3S/c1-4-24(33(37)38)22-40-32(19-15-25-9-5-6-11-30(25)34(2,3)39)27-10-7-8-23(20-27)12-17-29-18-14-26-13-16-28(35)21-31(26)36-29/h5-14,16-18,20-21,24,32,39H,4,15,19,22H2,1-3H3,(H,37,38)/t24-,32+/m1/s1. The number of aromatic nitrogens is 1. The minimum absolute atomic E-state index is 0.109. The monoisotopic (exact) mass is 573 g/mol. The molecule has 0 saturated carbocycles. The Labute approximate surface area is 246 Å². The number of rotatable bonds is 12. The molecule has 0 fully saturated rings. The average molecular weight is 574 g/mol. The van der Waals surface area contributed by atoms with Gasteiger partial charge in [-0.1, -0.05) is 85.3 Å². The fourth-order valence-electron chi connectivity index (χ4n) is 4.81. The van der Waals surface area contributed by atoms with Crippen LogP contribution >= 0.6 is 23.4 Å². The molecule has 4 rings (SSSR count). The Kier molecular flexibility index (Phi) is 10.1. The van der Waals surface area contributed by atoms with Crippen LogP contribution in [0.15, 0.2) is 78.9 Å². The Morgan fingerprint density at radius 2 is 1.80 bits per heavy atom. The lowest BCUT2D eigenvalue weighted by Crippen LogP contribution is -2.18. The highest BCUT2D eigenvalue weighted by molar-refractivity contribution is 7.99. The number of pyridine rings is 1. The highest BCUT2D eigenvalue weighted by Gasteiger charge is 2.22. The molecule has 0 radical (unpaired) electrons. The number of carbonyl (C=O) groups is 1. The molecule has 1 heterocycles. The van der Waals surface area contributed by atoms with Gasteiger partial charge in [0.25, 0.3) is 0 Å². The van der Waals surface area contributed by atoms with Gasteiger partial charge < -0.3 is 10.2 Å². The number of hydrogen-bond donors (Lipinski definition) is 2. The van der Waals surface area contributed by atoms with E-state index in [2.05, 4.69) is 36.4 Å². The Bertz CT molecular complexity index is 1490. The van der Waals surface area contributed by atoms with Gasteiger partial charge in [0, 0.05) is 21.4 Å². The minimum Gasteiger partial charge on any atom is -0.481 e. The van der Waals surface area contributed by atoms with Crippen molar-refractivity contribution in [1.29, 1.82) is 0 Å². The second-order valence-electron chi connectivity index (χ2n) is 10.6. The first-order valence-corrected chi connectivity index (χ1v) is 15.1. The first kappa shape index (κ1) is 29.9. The van der Waals surface area contributed by atoms with E-state index in [9.17, 15) is 15.0 Å². The Morgan fingerprint density at radius 3 is 2.55 bits per heavy atom. The topological polar surface area (TPSA) is 70.4 Å². The molecule has 2 N–H and O–H groups in total. The number of thioether (sulfide) groups is 1. The van der Waals surface area contributed by atoms with Crippen LogP contribution in [0.5, 0.6) is 0 Å². The summed E-state index contributed by atoms with van der Waals surface area (Å²) in [6, 6.07) is 26.2. The molecule has 0 bridgehead atoms. The van der Waals surface area contributed by atoms with Gasteiger partial charge in [0.2, 0.25) is 0 Å². The van der Waals surface area contributed by atoms with Crippen LogP contribution in [-0.4, -0.2) is 26.9 Å². The molecule has 2 atom stereocenters. The summed E-state index contributed by atoms with van der Waals surface area (Å²) >= 11 is 7.86. The van der Waals surface area contributed by atoms with Crippen molar-refractivity contribution in [1.82, 2.24) is 4.98 Å². The first-order chi connectivity index (χ1) is 19.1. The summed E-state index contributed by atoms with van der Waals surface area (Å²) in [6.07, 6.45) is 6.26. The van der Waals surface area contributed by atoms with Gasteiger partial charge in [0.1, 0.15) is 0 Å². The molecule has 0 aliphatic heterocycles. The minimum atomic E-state index is -0.928. The zero-order valence-corrected chi connectivity index (χ0v) is 24.8. The number of aliphatic carboxylic acids is 1. The van der Waals surface area contributed by atoms with Gasteiger partial charge >= 0.3 is 5.97 Å². The molecule has 0 aliphatic carbocycles. The van der Waals surface area contributed by atoms with Crippen molar-refractivity contribution in [2.45, 2.75) is 50.9 Å². The lowest BCUT2D eigenvalue weighted by molar-refractivity contribution is -0.140. The quantitative estimate of drug-likeness (QED) is 0.177. The van der Waals surface area contributed by atoms with Crippen LogP contribution in [0.25, 0.3) is 23.1 Å². The number of hydrogen-bond acceptors (Lipinski definition) is 4. The number of nitrogens with zero attached hydrogens (tertiary/aromatic N) is 1. The van der Waals surface area contributed by atoms with E-state index in [1.807, 2.05) is 75.4 Å². The SMILES string of the molecule is CC[C@H](CS[C@@H](CCc1ccccc1C(C)(C)O)c1cccc(C=Cc2ccc3ccc(Cl)cc3n2)c1)C(=O)O. The molecule has 0 saturated heterocycles. The van der Waals surface area contributed by atoms with Crippen LogP contribution in [0.4, 0.5) is 0 Å². The van der Waals surface area contributed by atoms with Crippen LogP contribution in [0.3, 0.4) is 0 Å². The molecular formula is C34H36ClNO3S. The van der Waals surface area contributed by atoms with Crippen molar-refractivity contribution in [3.05, 3.63) is 112 Å². The Hall–Kier alpha value is -3.12. The summed E-state index contributed by atoms with van der Waals surface area (Å²) < 4.78 is 0. The van der Waals surface area contributed by atoms with E-state index < -0.39 is 11.6 Å². The zero-order chi connectivity index (χ0) is 28.7. The molecule has 6 heteroatoms. The van der Waals surface area contributed by atoms with Crippen molar-refractivity contribution in [2.24, 2.45) is 5.92 Å². The Morgan fingerprint density at radius 1 is 1.02 bits per heavy atom. The van der Waals surface area contributed by atoms with Gasteiger partial charge in [0.05, 0.1) is 22.7 Å². The predicted octanol–water partition coefficient (Wildman–Crippen LogP) is 8.80. The molecule has 0 spiro atoms. The largest absolute Gasteiger partial charge is 0.481 e. The molecule has 4 nitrogen and oxygen atoms in total. The summed E-state index contributed by atoms with van der Waals surface area (Å²) in [5.41, 5.74) is 5.03. The van der Waals surface area contributed by atoms with Gasteiger partial charge in [-0.3, -0.25) is 4.79 Å². The van der Waals surface area contributed by atoms with Crippen molar-refractivity contribution in [2.75, 3.05) is 5.75 Å². The lowest BCUT2D eigenvalue weighted by atomic mass is 9.90. The molecule has 1 aromatic heterocycles. The number of aryl methyl sites for hydroxylation is 1. The van der Waals surface area contributed by atoms with E-state index in [4.69, 9.17) is 16.6 Å². The van der Waals surface area contributed by atoms with Crippen molar-refractivity contribution < 1.29 is 15.0 Å². The number of aliphatic hydroxyl groups is 1. The van der Waals surface area contributed by atoms with Gasteiger partial charge in [-0.25, -0.2) is 4.98 Å². The lowest BCUT2D eigenvalue weighted by Gasteiger charge is -2.24. The highest BCUT2D eigenvalue weighted by Crippen LogP contribution is 2.37. The van der Waals surface area contributed by atoms with Gasteiger partial charge in [0.15, 0.2) is 0 Å². The molecule has 4 aromatic rings. The fraction of sp³-hybridized carbons (Fsp3) is 0.294. The van der Waals surface area contributed by atoms with E-state index in [0.717, 1.165) is 51.7 Å². The number of fused-ring (bicyclic) bond motifs is 1. The number of benzene rings is 3. The fourth-order valence-corrected chi connectivity index (χ4v) is 6.44. The summed E-state index contributed by atoms with van der Waals surface area (Å²) in [5.74, 6) is -0.582. The van der Waals surface area contributed by atoms with Gasteiger partial charge in [-0.15, -0.1) is 0 Å². The average Bonchev–Trinajstić information content (AvgIpc) is 2.93. The number of carboxylic acid groups (broad SMARTS) is 1. The second kappa shape index (κ2) is 13.5. The molecule has 3 aromatic carbocycles. The smallest absolute Gasteiger partial charge is 0.307 e. The summed E-state index contributed by atoms with van der Waals surface area (Å²) in [6.45, 7) is 5.55. The number of carboxylic acids is 1. The maximum absolute atomic E-state index is 11.7. The van der Waals surface area contributed by atoms with Gasteiger partial charge in [-0.2, -0.15) is 11.8 Å². The van der Waals surface area contributed by atoms with Crippen LogP contribution in [0, 0.1) is 5.92 Å². The maximum atomic E-state index is 11.7. The van der Waals surface area contributed by atoms with E-state index in [0.29, 0.717) is 17.2 Å². The van der Waals surface area contributed by atoms with Crippen LogP contribution in [0.1, 0.15) is 66.8 Å². The highest BCUT2D eigenvalue weighted by atomic mass is 35.5. The van der Waals surface area contributed by atoms with Crippen molar-refractivity contribution >= 4 is 52.4 Å². The summed E-state index contributed by atoms with van der Waals surface area (Å²) in [7, 11) is 0. The molecule has 0 unspecified atom stereocenters. The van der Waals surface area contributed by atoms with Crippen LogP contribution in [-0.2, 0) is 16.8 Å². The third-order valence-corrected chi connectivity index (χ3v) is 8.84. The second-order valence-corrected chi connectivity index (χ2v) is 12.3. The first-order valence-electron chi connectivity index (χ1n) is 13.6. The Balaban J connectivity index is 1.57. The van der Waals surface area contributed by atoms with E-state index in [1.54, 1.807) is 11.8 Å². The van der Waals surface area contributed by atoms with Crippen LogP contribution < -0.4 is 0 Å². The van der Waals surface area contributed by atoms with Gasteiger partial charge in [-0.05, 0) is 79.6 Å². The zero-order valence-electron chi connectivity index (χ0n) is 23.2. The number of halogens is 1. The maximum Gasteiger partial charge on any atom is 0.307 e. The van der Waals surface area contributed by atoms with E-state index in [-0.39, 0.29) is 11.2 Å². The third kappa shape index (κ3) is 7.97. The van der Waals surface area contributed by atoms with E-state index in [1.165, 1.54) is 0 Å².